The van der Waals surface area contributed by atoms with Crippen LogP contribution in [-0.2, 0) is 0 Å². The zero-order valence-corrected chi connectivity index (χ0v) is 9.63. The van der Waals surface area contributed by atoms with Gasteiger partial charge in [-0.2, -0.15) is 0 Å². The van der Waals surface area contributed by atoms with Crippen LogP contribution in [0, 0.1) is 10.1 Å². The number of nitro groups is 1. The Hall–Kier alpha value is -1.15. The van der Waals surface area contributed by atoms with Gasteiger partial charge in [0.05, 0.1) is 9.40 Å². The Bertz CT molecular complexity index is 469. The lowest BCUT2D eigenvalue weighted by molar-refractivity contribution is -0.385. The molecule has 0 N–H and O–H groups in total. The van der Waals surface area contributed by atoms with Crippen LogP contribution in [0.1, 0.15) is 22.6 Å². The zero-order chi connectivity index (χ0) is 12.5. The number of hydrogen-bond acceptors (Lipinski definition) is 4. The number of halogens is 4. The first-order chi connectivity index (χ1) is 7.34. The minimum absolute atomic E-state index is 0.254. The minimum atomic E-state index is -2.97. The standard InChI is InChI=1S/C7H2BrClF2N2O3/c8-2-1-3(13(15)16)5(6(9)14)12-4(2)7(10)11/h1,7H. The molecule has 16 heavy (non-hydrogen) atoms. The SMILES string of the molecule is O=C(Cl)c1nc(C(F)F)c(Br)cc1[N+](=O)[O-]. The molecule has 0 amide bonds. The number of pyridine rings is 1. The Morgan fingerprint density at radius 2 is 2.19 bits per heavy atom. The van der Waals surface area contributed by atoms with Crippen LogP contribution < -0.4 is 0 Å². The molecule has 5 nitrogen and oxygen atoms in total. The second kappa shape index (κ2) is 4.79. The van der Waals surface area contributed by atoms with Crippen LogP contribution >= 0.6 is 27.5 Å². The maximum absolute atomic E-state index is 12.4. The lowest BCUT2D eigenvalue weighted by Gasteiger charge is -2.04. The van der Waals surface area contributed by atoms with E-state index < -0.39 is 33.7 Å². The highest BCUT2D eigenvalue weighted by Gasteiger charge is 2.26. The molecule has 1 aromatic rings. The summed E-state index contributed by atoms with van der Waals surface area (Å²) in [7, 11) is 0. The van der Waals surface area contributed by atoms with Crippen LogP contribution in [0.2, 0.25) is 0 Å². The highest BCUT2D eigenvalue weighted by molar-refractivity contribution is 9.10. The fourth-order valence-corrected chi connectivity index (χ4v) is 1.55. The molecule has 0 radical (unpaired) electrons. The van der Waals surface area contributed by atoms with Crippen molar-refractivity contribution >= 4 is 38.5 Å². The van der Waals surface area contributed by atoms with Crippen LogP contribution in [-0.4, -0.2) is 15.1 Å². The topological polar surface area (TPSA) is 73.1 Å². The Morgan fingerprint density at radius 1 is 1.62 bits per heavy atom. The maximum atomic E-state index is 12.4. The van der Waals surface area contributed by atoms with Gasteiger partial charge in [0.15, 0.2) is 0 Å². The Kier molecular flexibility index (Phi) is 3.87. The number of rotatable bonds is 3. The van der Waals surface area contributed by atoms with Crippen molar-refractivity contribution in [3.8, 4) is 0 Å². The summed E-state index contributed by atoms with van der Waals surface area (Å²) >= 11 is 7.71. The molecule has 0 atom stereocenters. The number of hydrogen-bond donors (Lipinski definition) is 0. The van der Waals surface area contributed by atoms with Gasteiger partial charge in [-0.05, 0) is 27.5 Å². The fraction of sp³-hybridized carbons (Fsp3) is 0.143. The quantitative estimate of drug-likeness (QED) is 0.488. The first-order valence-corrected chi connectivity index (χ1v) is 4.84. The van der Waals surface area contributed by atoms with Crippen LogP contribution in [0.3, 0.4) is 0 Å². The lowest BCUT2D eigenvalue weighted by Crippen LogP contribution is -2.05. The summed E-state index contributed by atoms with van der Waals surface area (Å²) in [5, 5.41) is 9.24. The van der Waals surface area contributed by atoms with Crippen LogP contribution in [0.25, 0.3) is 0 Å². The molecule has 0 fully saturated rings. The summed E-state index contributed by atoms with van der Waals surface area (Å²) in [6, 6.07) is 0.768. The molecular formula is C7H2BrClF2N2O3. The van der Waals surface area contributed by atoms with E-state index in [9.17, 15) is 23.7 Å². The van der Waals surface area contributed by atoms with Crippen LogP contribution in [0.5, 0.6) is 0 Å². The Balaban J connectivity index is 3.49. The number of nitrogens with zero attached hydrogens (tertiary/aromatic N) is 2. The fourth-order valence-electron chi connectivity index (χ4n) is 0.930. The lowest BCUT2D eigenvalue weighted by atomic mass is 10.2. The third-order valence-electron chi connectivity index (χ3n) is 1.57. The molecule has 0 aliphatic rings. The molecule has 0 aromatic carbocycles. The van der Waals surface area contributed by atoms with Crippen molar-refractivity contribution in [3.63, 3.8) is 0 Å². The van der Waals surface area contributed by atoms with Crippen molar-refractivity contribution in [2.75, 3.05) is 0 Å². The molecule has 1 aromatic heterocycles. The average molecular weight is 315 g/mol. The Morgan fingerprint density at radius 3 is 2.56 bits per heavy atom. The summed E-state index contributed by atoms with van der Waals surface area (Å²) < 4.78 is 24.5. The van der Waals surface area contributed by atoms with Gasteiger partial charge in [-0.25, -0.2) is 13.8 Å². The minimum Gasteiger partial charge on any atom is -0.274 e. The van der Waals surface area contributed by atoms with E-state index in [1.165, 1.54) is 0 Å². The Labute approximate surface area is 101 Å². The van der Waals surface area contributed by atoms with Gasteiger partial charge in [0.2, 0.25) is 5.69 Å². The van der Waals surface area contributed by atoms with E-state index in [-0.39, 0.29) is 4.47 Å². The highest BCUT2D eigenvalue weighted by atomic mass is 79.9. The predicted octanol–water partition coefficient (Wildman–Crippen LogP) is 3.07. The molecule has 86 valence electrons. The van der Waals surface area contributed by atoms with E-state index in [4.69, 9.17) is 11.6 Å². The van der Waals surface area contributed by atoms with Gasteiger partial charge in [0.1, 0.15) is 5.69 Å². The monoisotopic (exact) mass is 314 g/mol. The molecule has 0 saturated heterocycles. The van der Waals surface area contributed by atoms with Crippen LogP contribution in [0.4, 0.5) is 14.5 Å². The predicted molar refractivity (Wildman–Crippen MR) is 53.7 cm³/mol. The van der Waals surface area contributed by atoms with E-state index in [0.29, 0.717) is 0 Å². The van der Waals surface area contributed by atoms with Gasteiger partial charge in [0.25, 0.3) is 11.7 Å². The van der Waals surface area contributed by atoms with Crippen molar-refractivity contribution in [1.82, 2.24) is 4.98 Å². The van der Waals surface area contributed by atoms with Crippen molar-refractivity contribution in [2.24, 2.45) is 0 Å². The largest absolute Gasteiger partial charge is 0.301 e. The number of carbonyl (C=O) groups excluding carboxylic acids is 1. The molecule has 1 heterocycles. The number of carbonyl (C=O) groups is 1. The zero-order valence-electron chi connectivity index (χ0n) is 7.29. The van der Waals surface area contributed by atoms with Gasteiger partial charge < -0.3 is 0 Å². The van der Waals surface area contributed by atoms with Gasteiger partial charge in [-0.1, -0.05) is 0 Å². The summed E-state index contributed by atoms with van der Waals surface area (Å²) in [4.78, 5) is 23.5. The van der Waals surface area contributed by atoms with Crippen molar-refractivity contribution in [2.45, 2.75) is 6.43 Å². The van der Waals surface area contributed by atoms with Gasteiger partial charge >= 0.3 is 5.69 Å². The number of alkyl halides is 2. The van der Waals surface area contributed by atoms with E-state index in [1.807, 2.05) is 0 Å². The van der Waals surface area contributed by atoms with E-state index in [1.54, 1.807) is 0 Å². The number of aromatic nitrogens is 1. The molecular weight excluding hydrogens is 313 g/mol. The van der Waals surface area contributed by atoms with Crippen molar-refractivity contribution in [1.29, 1.82) is 0 Å². The summed E-state index contributed by atoms with van der Waals surface area (Å²) in [5.74, 6) is 0. The normalized spacial score (nSPS) is 10.6. The van der Waals surface area contributed by atoms with E-state index in [2.05, 4.69) is 20.9 Å². The van der Waals surface area contributed by atoms with Gasteiger partial charge in [-0.15, -0.1) is 0 Å². The molecule has 0 spiro atoms. The molecule has 0 aliphatic heterocycles. The van der Waals surface area contributed by atoms with Crippen LogP contribution in [0.15, 0.2) is 10.5 Å². The molecule has 0 aliphatic carbocycles. The first kappa shape index (κ1) is 12.9. The van der Waals surface area contributed by atoms with Crippen molar-refractivity contribution < 1.29 is 18.5 Å². The molecule has 1 rings (SSSR count). The molecule has 0 unspecified atom stereocenters. The van der Waals surface area contributed by atoms with Gasteiger partial charge in [-0.3, -0.25) is 14.9 Å². The molecule has 0 saturated carbocycles. The summed E-state index contributed by atoms with van der Waals surface area (Å²) in [6.07, 6.45) is -2.97. The summed E-state index contributed by atoms with van der Waals surface area (Å²) in [6.45, 7) is 0. The third-order valence-corrected chi connectivity index (χ3v) is 2.39. The average Bonchev–Trinajstić information content (AvgIpc) is 2.15. The highest BCUT2D eigenvalue weighted by Crippen LogP contribution is 2.31. The summed E-state index contributed by atoms with van der Waals surface area (Å²) in [5.41, 5.74) is -2.30. The first-order valence-electron chi connectivity index (χ1n) is 3.67. The second-order valence-corrected chi connectivity index (χ2v) is 3.75. The van der Waals surface area contributed by atoms with Crippen molar-refractivity contribution in [3.05, 3.63) is 32.0 Å². The third kappa shape index (κ3) is 2.50. The van der Waals surface area contributed by atoms with E-state index >= 15 is 0 Å². The molecule has 0 bridgehead atoms. The maximum Gasteiger partial charge on any atom is 0.301 e. The second-order valence-electron chi connectivity index (χ2n) is 2.55. The van der Waals surface area contributed by atoms with Gasteiger partial charge in [0, 0.05) is 6.07 Å². The smallest absolute Gasteiger partial charge is 0.274 e. The molecule has 9 heteroatoms. The van der Waals surface area contributed by atoms with E-state index in [0.717, 1.165) is 6.07 Å².